The minimum absolute atomic E-state index is 0.246. The average Bonchev–Trinajstić information content (AvgIpc) is 2.58. The second kappa shape index (κ2) is 7.78. The van der Waals surface area contributed by atoms with Crippen LogP contribution < -0.4 is 15.6 Å². The molecule has 2 N–H and O–H groups in total. The quantitative estimate of drug-likeness (QED) is 0.820. The monoisotopic (exact) mass is 299 g/mol. The maximum Gasteiger partial charge on any atom is 0.288 e. The molecule has 1 heterocycles. The number of hydrogen-bond acceptors (Lipinski definition) is 4. The van der Waals surface area contributed by atoms with Gasteiger partial charge in [-0.3, -0.25) is 25.4 Å². The van der Waals surface area contributed by atoms with E-state index in [1.54, 1.807) is 25.3 Å². The molecule has 0 spiro atoms. The molecule has 0 aliphatic carbocycles. The molecule has 2 amide bonds. The number of aryl methyl sites for hydroxylation is 1. The van der Waals surface area contributed by atoms with Crippen LogP contribution in [0.2, 0.25) is 0 Å². The van der Waals surface area contributed by atoms with Crippen LogP contribution in [-0.4, -0.2) is 23.9 Å². The highest BCUT2D eigenvalue weighted by Crippen LogP contribution is 2.13. The van der Waals surface area contributed by atoms with Crippen molar-refractivity contribution in [2.45, 2.75) is 12.8 Å². The first-order valence-electron chi connectivity index (χ1n) is 6.82. The molecule has 114 valence electrons. The summed E-state index contributed by atoms with van der Waals surface area (Å²) in [5.41, 5.74) is 5.94. The molecular formula is C16H17N3O3. The highest BCUT2D eigenvalue weighted by atomic mass is 16.5. The molecule has 0 aliphatic rings. The number of rotatable bonds is 5. The fraction of sp³-hybridized carbons (Fsp3) is 0.188. The molecule has 1 aromatic heterocycles. The number of methoxy groups -OCH3 is 1. The molecule has 2 aromatic rings. The van der Waals surface area contributed by atoms with Crippen molar-refractivity contribution in [2.75, 3.05) is 7.11 Å². The summed E-state index contributed by atoms with van der Waals surface area (Å²) >= 11 is 0. The van der Waals surface area contributed by atoms with Gasteiger partial charge in [-0.05, 0) is 36.2 Å². The van der Waals surface area contributed by atoms with Crippen LogP contribution in [0.1, 0.15) is 22.5 Å². The zero-order valence-corrected chi connectivity index (χ0v) is 12.2. The molecule has 0 saturated carbocycles. The van der Waals surface area contributed by atoms with Crippen LogP contribution in [0.3, 0.4) is 0 Å². The molecule has 0 saturated heterocycles. The van der Waals surface area contributed by atoms with Gasteiger partial charge in [0.1, 0.15) is 11.4 Å². The topological polar surface area (TPSA) is 80.3 Å². The Morgan fingerprint density at radius 3 is 2.73 bits per heavy atom. The second-order valence-electron chi connectivity index (χ2n) is 4.57. The number of amides is 2. The fourth-order valence-corrected chi connectivity index (χ4v) is 1.84. The van der Waals surface area contributed by atoms with Gasteiger partial charge in [0.15, 0.2) is 0 Å². The van der Waals surface area contributed by atoms with Gasteiger partial charge in [-0.25, -0.2) is 0 Å². The number of benzene rings is 1. The Labute approximate surface area is 128 Å². The molecule has 2 rings (SSSR count). The summed E-state index contributed by atoms with van der Waals surface area (Å²) in [5, 5.41) is 0. The van der Waals surface area contributed by atoms with Crippen LogP contribution in [0.25, 0.3) is 0 Å². The maximum atomic E-state index is 11.7. The SMILES string of the molecule is COc1cccc(CCC(=O)NNC(=O)c2ccccn2)c1. The summed E-state index contributed by atoms with van der Waals surface area (Å²) < 4.78 is 5.13. The Balaban J connectivity index is 1.77. The smallest absolute Gasteiger partial charge is 0.288 e. The summed E-state index contributed by atoms with van der Waals surface area (Å²) in [6.07, 6.45) is 2.33. The van der Waals surface area contributed by atoms with Gasteiger partial charge in [0.2, 0.25) is 5.91 Å². The molecule has 6 heteroatoms. The molecule has 22 heavy (non-hydrogen) atoms. The van der Waals surface area contributed by atoms with Crippen molar-refractivity contribution >= 4 is 11.8 Å². The van der Waals surface area contributed by atoms with E-state index in [0.717, 1.165) is 11.3 Å². The standard InChI is InChI=1S/C16H17N3O3/c1-22-13-6-4-5-12(11-13)8-9-15(20)18-19-16(21)14-7-2-3-10-17-14/h2-7,10-11H,8-9H2,1H3,(H,18,20)(H,19,21). The molecule has 0 aliphatic heterocycles. The van der Waals surface area contributed by atoms with Gasteiger partial charge < -0.3 is 4.74 Å². The summed E-state index contributed by atoms with van der Waals surface area (Å²) in [7, 11) is 1.60. The Morgan fingerprint density at radius 2 is 2.00 bits per heavy atom. The van der Waals surface area contributed by atoms with E-state index in [4.69, 9.17) is 4.74 Å². The molecule has 0 atom stereocenters. The number of hydrazine groups is 1. The van der Waals surface area contributed by atoms with E-state index in [-0.39, 0.29) is 18.0 Å². The second-order valence-corrected chi connectivity index (χ2v) is 4.57. The third kappa shape index (κ3) is 4.59. The Bertz CT molecular complexity index is 644. The lowest BCUT2D eigenvalue weighted by atomic mass is 10.1. The largest absolute Gasteiger partial charge is 0.497 e. The highest BCUT2D eigenvalue weighted by Gasteiger charge is 2.08. The number of carbonyl (C=O) groups excluding carboxylic acids is 2. The lowest BCUT2D eigenvalue weighted by molar-refractivity contribution is -0.121. The molecule has 6 nitrogen and oxygen atoms in total. The number of hydrogen-bond donors (Lipinski definition) is 2. The lowest BCUT2D eigenvalue weighted by Gasteiger charge is -2.07. The minimum Gasteiger partial charge on any atom is -0.497 e. The minimum atomic E-state index is -0.449. The van der Waals surface area contributed by atoms with Gasteiger partial charge in [-0.15, -0.1) is 0 Å². The molecule has 1 aromatic carbocycles. The van der Waals surface area contributed by atoms with Crippen molar-refractivity contribution < 1.29 is 14.3 Å². The third-order valence-electron chi connectivity index (χ3n) is 2.99. The first-order chi connectivity index (χ1) is 10.7. The zero-order chi connectivity index (χ0) is 15.8. The normalized spacial score (nSPS) is 9.86. The summed E-state index contributed by atoms with van der Waals surface area (Å²) in [6, 6.07) is 12.5. The molecule has 0 fully saturated rings. The van der Waals surface area contributed by atoms with Crippen LogP contribution >= 0.6 is 0 Å². The number of pyridine rings is 1. The van der Waals surface area contributed by atoms with E-state index < -0.39 is 5.91 Å². The van der Waals surface area contributed by atoms with Crippen LogP contribution in [0, 0.1) is 0 Å². The highest BCUT2D eigenvalue weighted by molar-refractivity contribution is 5.93. The van der Waals surface area contributed by atoms with E-state index >= 15 is 0 Å². The number of aromatic nitrogens is 1. The van der Waals surface area contributed by atoms with E-state index in [2.05, 4.69) is 15.8 Å². The third-order valence-corrected chi connectivity index (χ3v) is 2.99. The first kappa shape index (κ1) is 15.5. The van der Waals surface area contributed by atoms with E-state index in [0.29, 0.717) is 6.42 Å². The van der Waals surface area contributed by atoms with Crippen LogP contribution in [0.5, 0.6) is 5.75 Å². The number of ether oxygens (including phenoxy) is 1. The molecular weight excluding hydrogens is 282 g/mol. The Morgan fingerprint density at radius 1 is 1.14 bits per heavy atom. The number of nitrogens with zero attached hydrogens (tertiary/aromatic N) is 1. The van der Waals surface area contributed by atoms with Crippen molar-refractivity contribution in [3.8, 4) is 5.75 Å². The van der Waals surface area contributed by atoms with Crippen molar-refractivity contribution in [1.82, 2.24) is 15.8 Å². The number of carbonyl (C=O) groups is 2. The first-order valence-corrected chi connectivity index (χ1v) is 6.82. The van der Waals surface area contributed by atoms with Crippen LogP contribution in [0.4, 0.5) is 0 Å². The average molecular weight is 299 g/mol. The fourth-order valence-electron chi connectivity index (χ4n) is 1.84. The summed E-state index contributed by atoms with van der Waals surface area (Å²) in [5.74, 6) is 0.0313. The summed E-state index contributed by atoms with van der Waals surface area (Å²) in [4.78, 5) is 27.3. The van der Waals surface area contributed by atoms with E-state index in [9.17, 15) is 9.59 Å². The Hall–Kier alpha value is -2.89. The van der Waals surface area contributed by atoms with Crippen molar-refractivity contribution in [1.29, 1.82) is 0 Å². The van der Waals surface area contributed by atoms with Gasteiger partial charge in [0.25, 0.3) is 5.91 Å². The van der Waals surface area contributed by atoms with Crippen LogP contribution in [0.15, 0.2) is 48.7 Å². The van der Waals surface area contributed by atoms with Gasteiger partial charge in [-0.1, -0.05) is 18.2 Å². The van der Waals surface area contributed by atoms with E-state index in [1.807, 2.05) is 24.3 Å². The van der Waals surface area contributed by atoms with Gasteiger partial charge in [0.05, 0.1) is 7.11 Å². The van der Waals surface area contributed by atoms with Crippen molar-refractivity contribution in [2.24, 2.45) is 0 Å². The number of nitrogens with one attached hydrogen (secondary N) is 2. The van der Waals surface area contributed by atoms with Crippen LogP contribution in [-0.2, 0) is 11.2 Å². The Kier molecular flexibility index (Phi) is 5.48. The van der Waals surface area contributed by atoms with Crippen molar-refractivity contribution in [3.05, 3.63) is 59.9 Å². The van der Waals surface area contributed by atoms with Gasteiger partial charge in [0, 0.05) is 12.6 Å². The predicted octanol–water partition coefficient (Wildman–Crippen LogP) is 1.48. The van der Waals surface area contributed by atoms with Gasteiger partial charge in [-0.2, -0.15) is 0 Å². The van der Waals surface area contributed by atoms with E-state index in [1.165, 1.54) is 6.20 Å². The maximum absolute atomic E-state index is 11.7. The lowest BCUT2D eigenvalue weighted by Crippen LogP contribution is -2.42. The molecule has 0 radical (unpaired) electrons. The van der Waals surface area contributed by atoms with Crippen molar-refractivity contribution in [3.63, 3.8) is 0 Å². The van der Waals surface area contributed by atoms with Gasteiger partial charge >= 0.3 is 0 Å². The summed E-state index contributed by atoms with van der Waals surface area (Å²) in [6.45, 7) is 0. The predicted molar refractivity (Wildman–Crippen MR) is 81.2 cm³/mol. The molecule has 0 unspecified atom stereocenters. The molecule has 0 bridgehead atoms. The zero-order valence-electron chi connectivity index (χ0n) is 12.2.